The summed E-state index contributed by atoms with van der Waals surface area (Å²) < 4.78 is 55.2. The van der Waals surface area contributed by atoms with E-state index in [4.69, 9.17) is 10.5 Å². The summed E-state index contributed by atoms with van der Waals surface area (Å²) in [5, 5.41) is 8.29. The average molecular weight is 480 g/mol. The van der Waals surface area contributed by atoms with Crippen molar-refractivity contribution in [2.24, 2.45) is 11.7 Å². The lowest BCUT2D eigenvalue weighted by molar-refractivity contribution is -0.176. The Bertz CT molecular complexity index is 1040. The van der Waals surface area contributed by atoms with E-state index < -0.39 is 36.6 Å². The zero-order valence-electron chi connectivity index (χ0n) is 18.0. The molecule has 1 unspecified atom stereocenters. The highest BCUT2D eigenvalue weighted by Gasteiger charge is 2.29. The van der Waals surface area contributed by atoms with Crippen LogP contribution in [0.25, 0.3) is 5.70 Å². The summed E-state index contributed by atoms with van der Waals surface area (Å²) in [6.45, 7) is -1.41. The molecule has 2 atom stereocenters. The highest BCUT2D eigenvalue weighted by atomic mass is 19.4. The molecular formula is C23H24F4N4O3. The topological polar surface area (TPSA) is 105 Å². The monoisotopic (exact) mass is 480 g/mol. The van der Waals surface area contributed by atoms with E-state index in [1.807, 2.05) is 0 Å². The second-order valence-corrected chi connectivity index (χ2v) is 7.76. The van der Waals surface area contributed by atoms with Crippen LogP contribution in [0.1, 0.15) is 17.5 Å². The summed E-state index contributed by atoms with van der Waals surface area (Å²) in [5.74, 6) is -1.57. The molecule has 34 heavy (non-hydrogen) atoms. The first-order chi connectivity index (χ1) is 16.1. The van der Waals surface area contributed by atoms with Gasteiger partial charge in [-0.25, -0.2) is 4.39 Å². The van der Waals surface area contributed by atoms with Crippen LogP contribution in [-0.4, -0.2) is 37.3 Å². The molecule has 1 fully saturated rings. The van der Waals surface area contributed by atoms with Gasteiger partial charge in [0.05, 0.1) is 18.7 Å². The van der Waals surface area contributed by atoms with Crippen LogP contribution >= 0.6 is 0 Å². The van der Waals surface area contributed by atoms with E-state index in [2.05, 4.69) is 16.0 Å². The number of nitrogens with two attached hydrogens (primary N) is 1. The van der Waals surface area contributed by atoms with Gasteiger partial charge >= 0.3 is 6.18 Å². The lowest BCUT2D eigenvalue weighted by atomic mass is 10.1. The molecule has 1 saturated heterocycles. The van der Waals surface area contributed by atoms with E-state index in [0.29, 0.717) is 22.5 Å². The number of amides is 2. The van der Waals surface area contributed by atoms with Crippen LogP contribution in [0.15, 0.2) is 54.6 Å². The fourth-order valence-electron chi connectivity index (χ4n) is 3.31. The molecule has 1 aliphatic rings. The van der Waals surface area contributed by atoms with Gasteiger partial charge in [0.25, 0.3) is 0 Å². The molecule has 2 aromatic carbocycles. The summed E-state index contributed by atoms with van der Waals surface area (Å²) in [6, 6.07) is 12.1. The third-order valence-corrected chi connectivity index (χ3v) is 4.90. The number of rotatable bonds is 9. The highest BCUT2D eigenvalue weighted by Crippen LogP contribution is 2.22. The fraction of sp³-hybridized carbons (Fsp3) is 0.304. The molecule has 1 aliphatic heterocycles. The van der Waals surface area contributed by atoms with Crippen molar-refractivity contribution in [2.45, 2.75) is 25.4 Å². The molecule has 0 radical (unpaired) electrons. The molecule has 3 rings (SSSR count). The van der Waals surface area contributed by atoms with E-state index in [9.17, 15) is 27.2 Å². The number of carbonyl (C=O) groups excluding carboxylic acids is 2. The zero-order valence-corrected chi connectivity index (χ0v) is 18.0. The van der Waals surface area contributed by atoms with Crippen molar-refractivity contribution in [1.82, 2.24) is 10.6 Å². The first-order valence-corrected chi connectivity index (χ1v) is 10.4. The van der Waals surface area contributed by atoms with Crippen LogP contribution in [0.2, 0.25) is 0 Å². The van der Waals surface area contributed by atoms with Crippen molar-refractivity contribution >= 4 is 23.2 Å². The van der Waals surface area contributed by atoms with Crippen LogP contribution in [0.5, 0.6) is 0 Å². The zero-order chi connectivity index (χ0) is 24.7. The molecule has 0 spiro atoms. The van der Waals surface area contributed by atoms with Gasteiger partial charge in [-0.1, -0.05) is 18.2 Å². The minimum Gasteiger partial charge on any atom is -0.367 e. The van der Waals surface area contributed by atoms with Crippen LogP contribution in [-0.2, 0) is 20.9 Å². The second-order valence-electron chi connectivity index (χ2n) is 7.76. The minimum absolute atomic E-state index is 0.0723. The first kappa shape index (κ1) is 25.2. The van der Waals surface area contributed by atoms with E-state index in [0.717, 1.165) is 0 Å². The lowest BCUT2D eigenvalue weighted by Crippen LogP contribution is -2.43. The summed E-state index contributed by atoms with van der Waals surface area (Å²) >= 11 is 0. The van der Waals surface area contributed by atoms with Gasteiger partial charge in [0.15, 0.2) is 0 Å². The molecule has 0 saturated carbocycles. The molecule has 0 aromatic heterocycles. The number of carbonyl (C=O) groups is 2. The molecule has 0 bridgehead atoms. The van der Waals surface area contributed by atoms with Gasteiger partial charge in [0.1, 0.15) is 12.4 Å². The first-order valence-electron chi connectivity index (χ1n) is 10.4. The SMILES string of the molecule is NC(/C=C(\Nc1ccc(F)cc1)c1cccc(COCC(F)(F)F)c1)NC(=O)[C@@H]1CNC(=O)C1. The van der Waals surface area contributed by atoms with Crippen LogP contribution in [0.3, 0.4) is 0 Å². The Morgan fingerprint density at radius 3 is 2.62 bits per heavy atom. The minimum atomic E-state index is -4.43. The van der Waals surface area contributed by atoms with Crippen molar-refractivity contribution in [3.8, 4) is 0 Å². The Morgan fingerprint density at radius 2 is 1.97 bits per heavy atom. The third-order valence-electron chi connectivity index (χ3n) is 4.90. The number of hydrogen-bond acceptors (Lipinski definition) is 5. The average Bonchev–Trinajstić information content (AvgIpc) is 3.20. The summed E-state index contributed by atoms with van der Waals surface area (Å²) in [6.07, 6.45) is -3.79. The third kappa shape index (κ3) is 7.85. The predicted molar refractivity (Wildman–Crippen MR) is 117 cm³/mol. The Kier molecular flexibility index (Phi) is 8.24. The Morgan fingerprint density at radius 1 is 1.24 bits per heavy atom. The molecular weight excluding hydrogens is 456 g/mol. The van der Waals surface area contributed by atoms with Gasteiger partial charge in [-0.05, 0) is 47.5 Å². The van der Waals surface area contributed by atoms with Crippen LogP contribution in [0.4, 0.5) is 23.2 Å². The van der Waals surface area contributed by atoms with Crippen molar-refractivity contribution in [1.29, 1.82) is 0 Å². The van der Waals surface area contributed by atoms with Gasteiger partial charge in [0, 0.05) is 24.4 Å². The summed E-state index contributed by atoms with van der Waals surface area (Å²) in [5.41, 5.74) is 8.09. The van der Waals surface area contributed by atoms with Gasteiger partial charge in [-0.3, -0.25) is 9.59 Å². The van der Waals surface area contributed by atoms with E-state index in [1.165, 1.54) is 30.3 Å². The molecule has 182 valence electrons. The van der Waals surface area contributed by atoms with E-state index >= 15 is 0 Å². The maximum atomic E-state index is 13.3. The van der Waals surface area contributed by atoms with E-state index in [-0.39, 0.29) is 25.5 Å². The molecule has 5 N–H and O–H groups in total. The van der Waals surface area contributed by atoms with Crippen molar-refractivity contribution in [3.05, 3.63) is 71.6 Å². The fourth-order valence-corrected chi connectivity index (χ4v) is 3.31. The Hall–Kier alpha value is -3.44. The number of ether oxygens (including phenoxy) is 1. The van der Waals surface area contributed by atoms with Gasteiger partial charge in [-0.15, -0.1) is 0 Å². The van der Waals surface area contributed by atoms with Gasteiger partial charge < -0.3 is 26.4 Å². The maximum absolute atomic E-state index is 13.3. The number of alkyl halides is 3. The second kappa shape index (κ2) is 11.1. The molecule has 2 aromatic rings. The number of nitrogens with one attached hydrogen (secondary N) is 3. The summed E-state index contributed by atoms with van der Waals surface area (Å²) in [7, 11) is 0. The normalized spacial score (nSPS) is 17.3. The Balaban J connectivity index is 1.78. The molecule has 7 nitrogen and oxygen atoms in total. The van der Waals surface area contributed by atoms with Crippen molar-refractivity contribution in [2.75, 3.05) is 18.5 Å². The number of benzene rings is 2. The quantitative estimate of drug-likeness (QED) is 0.326. The smallest absolute Gasteiger partial charge is 0.367 e. The largest absolute Gasteiger partial charge is 0.411 e. The standard InChI is InChI=1S/C23H24F4N4O3/c24-17-4-6-18(7-5-17)30-19(10-20(28)31-22(33)16-9-21(32)29-11-16)15-3-1-2-14(8-15)12-34-13-23(25,26)27/h1-8,10,16,20,30H,9,11-13,28H2,(H,29,32)(H,31,33)/b19-10-/t16-,20?/m0/s1. The van der Waals surface area contributed by atoms with Crippen molar-refractivity contribution < 1.29 is 31.9 Å². The van der Waals surface area contributed by atoms with Crippen LogP contribution < -0.4 is 21.7 Å². The molecule has 2 amide bonds. The maximum Gasteiger partial charge on any atom is 0.411 e. The van der Waals surface area contributed by atoms with Crippen LogP contribution in [0, 0.1) is 11.7 Å². The molecule has 1 heterocycles. The lowest BCUT2D eigenvalue weighted by Gasteiger charge is -2.18. The number of hydrogen-bond donors (Lipinski definition) is 4. The van der Waals surface area contributed by atoms with E-state index in [1.54, 1.807) is 24.3 Å². The highest BCUT2D eigenvalue weighted by molar-refractivity contribution is 5.89. The number of halogens is 4. The summed E-state index contributed by atoms with van der Waals surface area (Å²) in [4.78, 5) is 23.7. The van der Waals surface area contributed by atoms with Gasteiger partial charge in [-0.2, -0.15) is 13.2 Å². The van der Waals surface area contributed by atoms with Gasteiger partial charge in [0.2, 0.25) is 11.8 Å². The number of anilines is 1. The predicted octanol–water partition coefficient (Wildman–Crippen LogP) is 2.89. The molecule has 0 aliphatic carbocycles. The molecule has 11 heteroatoms. The van der Waals surface area contributed by atoms with Crippen molar-refractivity contribution in [3.63, 3.8) is 0 Å². The Labute approximate surface area is 193 Å².